The first-order chi connectivity index (χ1) is 8.13. The molecule has 3 unspecified atom stereocenters. The van der Waals surface area contributed by atoms with Crippen LogP contribution in [-0.4, -0.2) is 18.1 Å². The number of nitrogens with two attached hydrogens (primary N) is 1. The predicted octanol–water partition coefficient (Wildman–Crippen LogP) is 2.74. The number of halogens is 1. The summed E-state index contributed by atoms with van der Waals surface area (Å²) in [5.74, 6) is 0. The molecule has 3 heteroatoms. The second kappa shape index (κ2) is 5.85. The zero-order valence-electron chi connectivity index (χ0n) is 10.3. The van der Waals surface area contributed by atoms with E-state index in [4.69, 9.17) is 17.3 Å². The minimum Gasteiger partial charge on any atom is -0.328 e. The van der Waals surface area contributed by atoms with Gasteiger partial charge in [-0.1, -0.05) is 23.7 Å². The van der Waals surface area contributed by atoms with Crippen molar-refractivity contribution in [1.29, 1.82) is 0 Å². The van der Waals surface area contributed by atoms with Crippen molar-refractivity contribution in [2.45, 2.75) is 50.7 Å². The molecule has 0 saturated heterocycles. The molecule has 0 bridgehead atoms. The van der Waals surface area contributed by atoms with Gasteiger partial charge in [-0.15, -0.1) is 0 Å². The van der Waals surface area contributed by atoms with Crippen molar-refractivity contribution < 1.29 is 0 Å². The van der Waals surface area contributed by atoms with Crippen LogP contribution in [0, 0.1) is 0 Å². The molecule has 0 aliphatic heterocycles. The minimum absolute atomic E-state index is 0.394. The molecule has 1 aliphatic carbocycles. The summed E-state index contributed by atoms with van der Waals surface area (Å²) in [7, 11) is 0. The van der Waals surface area contributed by atoms with E-state index in [9.17, 15) is 0 Å². The Morgan fingerprint density at radius 3 is 2.94 bits per heavy atom. The number of hydrogen-bond acceptors (Lipinski definition) is 2. The second-order valence-corrected chi connectivity index (χ2v) is 5.61. The van der Waals surface area contributed by atoms with Gasteiger partial charge in [-0.2, -0.15) is 0 Å². The van der Waals surface area contributed by atoms with Crippen LogP contribution in [0.25, 0.3) is 0 Å². The van der Waals surface area contributed by atoms with Gasteiger partial charge in [0.1, 0.15) is 0 Å². The van der Waals surface area contributed by atoms with E-state index in [-0.39, 0.29) is 0 Å². The lowest BCUT2D eigenvalue weighted by Crippen LogP contribution is -2.37. The summed E-state index contributed by atoms with van der Waals surface area (Å²) in [6.07, 6.45) is 4.49. The van der Waals surface area contributed by atoms with Gasteiger partial charge in [0.15, 0.2) is 0 Å². The van der Waals surface area contributed by atoms with E-state index in [0.29, 0.717) is 18.1 Å². The summed E-state index contributed by atoms with van der Waals surface area (Å²) in [6.45, 7) is 2.23. The molecule has 0 heterocycles. The third-order valence-corrected chi connectivity index (χ3v) is 3.66. The largest absolute Gasteiger partial charge is 0.328 e. The van der Waals surface area contributed by atoms with Crippen LogP contribution in [-0.2, 0) is 6.42 Å². The molecule has 3 N–H and O–H groups in total. The van der Waals surface area contributed by atoms with Gasteiger partial charge in [0, 0.05) is 23.1 Å². The highest BCUT2D eigenvalue weighted by atomic mass is 35.5. The fourth-order valence-electron chi connectivity index (χ4n) is 2.65. The SMILES string of the molecule is CC(Cc1cccc(Cl)c1)NC1CCC(N)C1. The second-order valence-electron chi connectivity index (χ2n) is 5.17. The van der Waals surface area contributed by atoms with Crippen LogP contribution >= 0.6 is 11.6 Å². The third-order valence-electron chi connectivity index (χ3n) is 3.42. The maximum atomic E-state index is 5.98. The van der Waals surface area contributed by atoms with Gasteiger partial charge in [0.05, 0.1) is 0 Å². The van der Waals surface area contributed by atoms with Gasteiger partial charge in [0.2, 0.25) is 0 Å². The van der Waals surface area contributed by atoms with Gasteiger partial charge in [-0.3, -0.25) is 0 Å². The molecule has 3 atom stereocenters. The molecule has 94 valence electrons. The zero-order chi connectivity index (χ0) is 12.3. The Labute approximate surface area is 109 Å². The maximum absolute atomic E-state index is 5.98. The zero-order valence-corrected chi connectivity index (χ0v) is 11.1. The summed E-state index contributed by atoms with van der Waals surface area (Å²) in [4.78, 5) is 0. The topological polar surface area (TPSA) is 38.0 Å². The van der Waals surface area contributed by atoms with E-state index in [2.05, 4.69) is 18.3 Å². The lowest BCUT2D eigenvalue weighted by Gasteiger charge is -2.19. The van der Waals surface area contributed by atoms with Crippen LogP contribution < -0.4 is 11.1 Å². The van der Waals surface area contributed by atoms with Crippen molar-refractivity contribution >= 4 is 11.6 Å². The van der Waals surface area contributed by atoms with E-state index in [1.54, 1.807) is 0 Å². The highest BCUT2D eigenvalue weighted by Crippen LogP contribution is 2.18. The average molecular weight is 253 g/mol. The van der Waals surface area contributed by atoms with E-state index >= 15 is 0 Å². The van der Waals surface area contributed by atoms with Crippen LogP contribution in [0.4, 0.5) is 0 Å². The maximum Gasteiger partial charge on any atom is 0.0408 e. The molecule has 0 spiro atoms. The number of nitrogens with one attached hydrogen (secondary N) is 1. The Bertz CT molecular complexity index is 367. The van der Waals surface area contributed by atoms with E-state index in [1.165, 1.54) is 12.0 Å². The van der Waals surface area contributed by atoms with E-state index in [0.717, 1.165) is 24.3 Å². The number of benzene rings is 1. The number of hydrogen-bond donors (Lipinski definition) is 2. The van der Waals surface area contributed by atoms with Gasteiger partial charge in [-0.05, 0) is 50.3 Å². The average Bonchev–Trinajstić information content (AvgIpc) is 2.63. The summed E-state index contributed by atoms with van der Waals surface area (Å²) in [5.41, 5.74) is 7.21. The summed E-state index contributed by atoms with van der Waals surface area (Å²) in [5, 5.41) is 4.47. The summed E-state index contributed by atoms with van der Waals surface area (Å²) < 4.78 is 0. The van der Waals surface area contributed by atoms with Gasteiger partial charge in [-0.25, -0.2) is 0 Å². The third kappa shape index (κ3) is 3.98. The quantitative estimate of drug-likeness (QED) is 0.865. The van der Waals surface area contributed by atoms with E-state index in [1.807, 2.05) is 18.2 Å². The molecule has 1 aromatic carbocycles. The molecule has 1 fully saturated rings. The molecule has 0 amide bonds. The molecule has 1 aliphatic rings. The molecule has 2 nitrogen and oxygen atoms in total. The fourth-order valence-corrected chi connectivity index (χ4v) is 2.86. The van der Waals surface area contributed by atoms with Crippen molar-refractivity contribution in [3.63, 3.8) is 0 Å². The Morgan fingerprint density at radius 2 is 2.29 bits per heavy atom. The van der Waals surface area contributed by atoms with Crippen LogP contribution in [0.2, 0.25) is 5.02 Å². The van der Waals surface area contributed by atoms with Gasteiger partial charge in [0.25, 0.3) is 0 Å². The summed E-state index contributed by atoms with van der Waals surface area (Å²) in [6, 6.07) is 9.56. The highest BCUT2D eigenvalue weighted by Gasteiger charge is 2.22. The standard InChI is InChI=1S/C14H21ClN2/c1-10(17-14-6-5-13(16)9-14)7-11-3-2-4-12(15)8-11/h2-4,8,10,13-14,17H,5-7,9,16H2,1H3. The fraction of sp³-hybridized carbons (Fsp3) is 0.571. The van der Waals surface area contributed by atoms with Crippen LogP contribution in [0.3, 0.4) is 0 Å². The monoisotopic (exact) mass is 252 g/mol. The lowest BCUT2D eigenvalue weighted by molar-refractivity contribution is 0.444. The Morgan fingerprint density at radius 1 is 1.47 bits per heavy atom. The minimum atomic E-state index is 0.394. The van der Waals surface area contributed by atoms with Crippen molar-refractivity contribution in [2.24, 2.45) is 5.73 Å². The first kappa shape index (κ1) is 12.9. The number of rotatable bonds is 4. The highest BCUT2D eigenvalue weighted by molar-refractivity contribution is 6.30. The van der Waals surface area contributed by atoms with Crippen LogP contribution in [0.15, 0.2) is 24.3 Å². The van der Waals surface area contributed by atoms with E-state index < -0.39 is 0 Å². The van der Waals surface area contributed by atoms with Gasteiger partial charge >= 0.3 is 0 Å². The molecular weight excluding hydrogens is 232 g/mol. The Hall–Kier alpha value is -0.570. The molecule has 1 aromatic rings. The van der Waals surface area contributed by atoms with Crippen molar-refractivity contribution in [3.8, 4) is 0 Å². The first-order valence-electron chi connectivity index (χ1n) is 6.39. The Kier molecular flexibility index (Phi) is 4.43. The normalized spacial score (nSPS) is 26.1. The van der Waals surface area contributed by atoms with Crippen molar-refractivity contribution in [3.05, 3.63) is 34.9 Å². The smallest absolute Gasteiger partial charge is 0.0408 e. The predicted molar refractivity (Wildman–Crippen MR) is 73.4 cm³/mol. The van der Waals surface area contributed by atoms with Crippen LogP contribution in [0.1, 0.15) is 31.7 Å². The van der Waals surface area contributed by atoms with Crippen LogP contribution in [0.5, 0.6) is 0 Å². The molecule has 0 radical (unpaired) electrons. The summed E-state index contributed by atoms with van der Waals surface area (Å²) >= 11 is 5.98. The molecule has 0 aromatic heterocycles. The molecule has 17 heavy (non-hydrogen) atoms. The first-order valence-corrected chi connectivity index (χ1v) is 6.77. The van der Waals surface area contributed by atoms with Gasteiger partial charge < -0.3 is 11.1 Å². The molecular formula is C14H21ClN2. The molecule has 2 rings (SSSR count). The van der Waals surface area contributed by atoms with Crippen molar-refractivity contribution in [1.82, 2.24) is 5.32 Å². The molecule has 1 saturated carbocycles. The lowest BCUT2D eigenvalue weighted by atomic mass is 10.1. The Balaban J connectivity index is 1.83. The van der Waals surface area contributed by atoms with Crippen molar-refractivity contribution in [2.75, 3.05) is 0 Å².